The maximum absolute atomic E-state index is 11.5. The summed E-state index contributed by atoms with van der Waals surface area (Å²) in [6.07, 6.45) is 1.23. The van der Waals surface area contributed by atoms with Crippen LogP contribution in [0.4, 0.5) is 11.4 Å². The van der Waals surface area contributed by atoms with Gasteiger partial charge in [0.25, 0.3) is 0 Å². The zero-order valence-corrected chi connectivity index (χ0v) is 24.8. The van der Waals surface area contributed by atoms with Crippen molar-refractivity contribution < 1.29 is 28.5 Å². The molecule has 224 valence electrons. The third-order valence-corrected chi connectivity index (χ3v) is 6.22. The van der Waals surface area contributed by atoms with Gasteiger partial charge in [0.15, 0.2) is 0 Å². The smallest absolute Gasteiger partial charge is 0.333 e. The predicted molar refractivity (Wildman–Crippen MR) is 169 cm³/mol. The van der Waals surface area contributed by atoms with Gasteiger partial charge in [-0.3, -0.25) is 0 Å². The first kappa shape index (κ1) is 31.4. The Morgan fingerprint density at radius 2 is 0.818 bits per heavy atom. The Kier molecular flexibility index (Phi) is 11.2. The van der Waals surface area contributed by atoms with Gasteiger partial charge in [0.1, 0.15) is 23.0 Å². The topological polar surface area (TPSA) is 95.8 Å². The van der Waals surface area contributed by atoms with Crippen molar-refractivity contribution in [2.45, 2.75) is 26.7 Å². The molecule has 0 amide bonds. The fraction of sp³-hybridized carbons (Fsp3) is 0.167. The molecule has 0 saturated heterocycles. The van der Waals surface area contributed by atoms with Crippen LogP contribution < -0.4 is 9.47 Å². The number of carbonyl (C=O) groups excluding carboxylic acids is 2. The highest BCUT2D eigenvalue weighted by atomic mass is 16.5. The number of esters is 2. The standard InChI is InChI=1S/C36H34N2O6/c1-25(2)35(39)41-23-21-27-5-13-31(14-6-27)43-33-17-9-29(10-18-33)37-38-30-11-19-34(20-12-30)44-32-15-7-28(8-16-32)22-24-42-36(40)26(3)4/h5-20H,1,3,21-24H2,2,4H3. The van der Waals surface area contributed by atoms with Crippen molar-refractivity contribution in [3.8, 4) is 23.0 Å². The van der Waals surface area contributed by atoms with Crippen LogP contribution in [0.2, 0.25) is 0 Å². The summed E-state index contributed by atoms with van der Waals surface area (Å²) < 4.78 is 22.1. The van der Waals surface area contributed by atoms with Crippen LogP contribution in [-0.4, -0.2) is 25.2 Å². The summed E-state index contributed by atoms with van der Waals surface area (Å²) in [4.78, 5) is 23.0. The summed E-state index contributed by atoms with van der Waals surface area (Å²) in [5, 5.41) is 8.61. The molecule has 0 aromatic heterocycles. The molecule has 44 heavy (non-hydrogen) atoms. The average Bonchev–Trinajstić information content (AvgIpc) is 3.03. The lowest BCUT2D eigenvalue weighted by atomic mass is 10.1. The number of rotatable bonds is 14. The maximum atomic E-state index is 11.5. The molecule has 0 spiro atoms. The van der Waals surface area contributed by atoms with E-state index < -0.39 is 0 Å². The summed E-state index contributed by atoms with van der Waals surface area (Å²) in [6.45, 7) is 11.0. The molecule has 0 aliphatic rings. The summed E-state index contributed by atoms with van der Waals surface area (Å²) in [7, 11) is 0. The molecule has 0 N–H and O–H groups in total. The minimum Gasteiger partial charge on any atom is -0.462 e. The Balaban J connectivity index is 1.22. The van der Waals surface area contributed by atoms with Gasteiger partial charge in [-0.25, -0.2) is 9.59 Å². The second-order valence-corrected chi connectivity index (χ2v) is 10.0. The fourth-order valence-corrected chi connectivity index (χ4v) is 3.77. The molecule has 4 aromatic carbocycles. The zero-order valence-electron chi connectivity index (χ0n) is 24.8. The van der Waals surface area contributed by atoms with E-state index in [0.29, 0.717) is 71.6 Å². The van der Waals surface area contributed by atoms with Crippen molar-refractivity contribution in [3.05, 3.63) is 132 Å². The Bertz CT molecular complexity index is 1480. The predicted octanol–water partition coefficient (Wildman–Crippen LogP) is 9.01. The molecule has 0 saturated carbocycles. The summed E-state index contributed by atoms with van der Waals surface area (Å²) in [6, 6.07) is 29.9. The highest BCUT2D eigenvalue weighted by Crippen LogP contribution is 2.28. The molecule has 0 bridgehead atoms. The molecule has 8 nitrogen and oxygen atoms in total. The van der Waals surface area contributed by atoms with Gasteiger partial charge in [-0.2, -0.15) is 10.2 Å². The molecule has 0 aliphatic heterocycles. The Labute approximate surface area is 257 Å². The van der Waals surface area contributed by atoms with Gasteiger partial charge in [-0.1, -0.05) is 37.4 Å². The van der Waals surface area contributed by atoms with E-state index in [2.05, 4.69) is 23.4 Å². The third-order valence-electron chi connectivity index (χ3n) is 6.22. The number of hydrogen-bond acceptors (Lipinski definition) is 8. The molecule has 4 rings (SSSR count). The van der Waals surface area contributed by atoms with Gasteiger partial charge in [0.05, 0.1) is 24.6 Å². The van der Waals surface area contributed by atoms with Crippen LogP contribution in [-0.2, 0) is 31.9 Å². The quantitative estimate of drug-likeness (QED) is 0.0826. The van der Waals surface area contributed by atoms with Crippen LogP contribution in [0, 0.1) is 0 Å². The number of carbonyl (C=O) groups is 2. The summed E-state index contributed by atoms with van der Waals surface area (Å²) >= 11 is 0. The number of nitrogens with zero attached hydrogens (tertiary/aromatic N) is 2. The largest absolute Gasteiger partial charge is 0.462 e. The van der Waals surface area contributed by atoms with E-state index in [1.807, 2.05) is 97.1 Å². The molecule has 4 aromatic rings. The van der Waals surface area contributed by atoms with E-state index in [1.165, 1.54) is 0 Å². The molecular weight excluding hydrogens is 556 g/mol. The number of azo groups is 1. The molecule has 0 fully saturated rings. The normalized spacial score (nSPS) is 10.7. The fourth-order valence-electron chi connectivity index (χ4n) is 3.77. The van der Waals surface area contributed by atoms with Gasteiger partial charge in [0, 0.05) is 24.0 Å². The van der Waals surface area contributed by atoms with E-state index in [4.69, 9.17) is 18.9 Å². The summed E-state index contributed by atoms with van der Waals surface area (Å²) in [5.41, 5.74) is 4.22. The van der Waals surface area contributed by atoms with Crippen LogP contribution >= 0.6 is 0 Å². The zero-order chi connectivity index (χ0) is 31.3. The van der Waals surface area contributed by atoms with E-state index >= 15 is 0 Å². The molecule has 0 unspecified atom stereocenters. The van der Waals surface area contributed by atoms with Crippen LogP contribution in [0.1, 0.15) is 25.0 Å². The molecule has 0 atom stereocenters. The van der Waals surface area contributed by atoms with Crippen LogP contribution in [0.3, 0.4) is 0 Å². The van der Waals surface area contributed by atoms with E-state index in [9.17, 15) is 9.59 Å². The highest BCUT2D eigenvalue weighted by Gasteiger charge is 2.05. The Hall–Kier alpha value is -5.50. The van der Waals surface area contributed by atoms with Gasteiger partial charge in [-0.05, 0) is 97.8 Å². The molecule has 0 radical (unpaired) electrons. The molecular formula is C36H34N2O6. The Morgan fingerprint density at radius 1 is 0.523 bits per heavy atom. The van der Waals surface area contributed by atoms with Crippen molar-refractivity contribution in [1.29, 1.82) is 0 Å². The minimum absolute atomic E-state index is 0.300. The lowest BCUT2D eigenvalue weighted by Crippen LogP contribution is -2.07. The van der Waals surface area contributed by atoms with E-state index in [1.54, 1.807) is 13.8 Å². The van der Waals surface area contributed by atoms with Crippen molar-refractivity contribution in [2.75, 3.05) is 13.2 Å². The van der Waals surface area contributed by atoms with Gasteiger partial charge in [-0.15, -0.1) is 0 Å². The van der Waals surface area contributed by atoms with Crippen molar-refractivity contribution in [1.82, 2.24) is 0 Å². The lowest BCUT2D eigenvalue weighted by Gasteiger charge is -2.08. The third kappa shape index (κ3) is 10.1. The van der Waals surface area contributed by atoms with Crippen LogP contribution in [0.15, 0.2) is 132 Å². The monoisotopic (exact) mass is 590 g/mol. The van der Waals surface area contributed by atoms with Gasteiger partial charge < -0.3 is 18.9 Å². The molecule has 0 aliphatic carbocycles. The SMILES string of the molecule is C=C(C)C(=O)OCCc1ccc(Oc2ccc(N=Nc3ccc(Oc4ccc(CCOC(=O)C(=C)C)cc4)cc3)cc2)cc1. The van der Waals surface area contributed by atoms with Crippen LogP contribution in [0.5, 0.6) is 23.0 Å². The van der Waals surface area contributed by atoms with Crippen molar-refractivity contribution >= 4 is 23.3 Å². The average molecular weight is 591 g/mol. The van der Waals surface area contributed by atoms with E-state index in [0.717, 1.165) is 11.1 Å². The van der Waals surface area contributed by atoms with Crippen LogP contribution in [0.25, 0.3) is 0 Å². The van der Waals surface area contributed by atoms with Gasteiger partial charge >= 0.3 is 11.9 Å². The summed E-state index contributed by atoms with van der Waals surface area (Å²) in [5.74, 6) is 1.98. The first-order valence-corrected chi connectivity index (χ1v) is 14.1. The maximum Gasteiger partial charge on any atom is 0.333 e. The second-order valence-electron chi connectivity index (χ2n) is 10.0. The minimum atomic E-state index is -0.381. The molecule has 0 heterocycles. The lowest BCUT2D eigenvalue weighted by molar-refractivity contribution is -0.139. The second kappa shape index (κ2) is 15.7. The first-order valence-electron chi connectivity index (χ1n) is 14.1. The number of ether oxygens (including phenoxy) is 4. The highest BCUT2D eigenvalue weighted by molar-refractivity contribution is 5.87. The van der Waals surface area contributed by atoms with Crippen molar-refractivity contribution in [3.63, 3.8) is 0 Å². The van der Waals surface area contributed by atoms with Crippen molar-refractivity contribution in [2.24, 2.45) is 10.2 Å². The molecule has 8 heteroatoms. The Morgan fingerprint density at radius 3 is 1.11 bits per heavy atom. The van der Waals surface area contributed by atoms with Gasteiger partial charge in [0.2, 0.25) is 0 Å². The number of hydrogen-bond donors (Lipinski definition) is 0. The number of benzene rings is 4. The van der Waals surface area contributed by atoms with E-state index in [-0.39, 0.29) is 11.9 Å². The first-order chi connectivity index (χ1) is 21.2.